The largest absolute Gasteiger partial charge is 0.486 e. The summed E-state index contributed by atoms with van der Waals surface area (Å²) >= 11 is 0. The molecule has 3 rings (SSSR count). The van der Waals surface area contributed by atoms with Crippen LogP contribution in [0, 0.1) is 0 Å². The highest BCUT2D eigenvalue weighted by molar-refractivity contribution is 5.99. The maximum atomic E-state index is 12.3. The molecule has 1 aromatic rings. The minimum Gasteiger partial charge on any atom is -0.486 e. The quantitative estimate of drug-likeness (QED) is 0.888. The highest BCUT2D eigenvalue weighted by Crippen LogP contribution is 2.35. The molecule has 0 radical (unpaired) electrons. The van der Waals surface area contributed by atoms with E-state index in [1.165, 1.54) is 0 Å². The number of amides is 1. The number of carbonyl (C=O) groups excluding carboxylic acids is 1. The summed E-state index contributed by atoms with van der Waals surface area (Å²) in [6.07, 6.45) is 0.848. The lowest BCUT2D eigenvalue weighted by Gasteiger charge is -2.22. The number of fused-ring (bicyclic) bond motifs is 1. The van der Waals surface area contributed by atoms with E-state index in [4.69, 9.17) is 9.47 Å². The Hall–Kier alpha value is -1.75. The molecule has 102 valence electrons. The van der Waals surface area contributed by atoms with Crippen LogP contribution in [-0.2, 0) is 4.79 Å². The van der Waals surface area contributed by atoms with Gasteiger partial charge in [0.2, 0.25) is 5.91 Å². The molecule has 1 aromatic carbocycles. The molecule has 1 fully saturated rings. The topological polar surface area (TPSA) is 50.8 Å². The van der Waals surface area contributed by atoms with E-state index in [9.17, 15) is 4.79 Å². The Labute approximate surface area is 112 Å². The molecule has 2 aliphatic rings. The number of hydrogen-bond donors (Lipinski definition) is 1. The van der Waals surface area contributed by atoms with Crippen LogP contribution in [0.4, 0.5) is 5.69 Å². The first-order chi connectivity index (χ1) is 9.29. The molecule has 0 aromatic heterocycles. The monoisotopic (exact) mass is 262 g/mol. The summed E-state index contributed by atoms with van der Waals surface area (Å²) in [6, 6.07) is 5.62. The molecule has 0 aliphatic carbocycles. The molecule has 1 amide bonds. The molecule has 1 unspecified atom stereocenters. The zero-order valence-corrected chi connectivity index (χ0v) is 11.0. The molecule has 0 spiro atoms. The summed E-state index contributed by atoms with van der Waals surface area (Å²) in [5.74, 6) is 1.62. The summed E-state index contributed by atoms with van der Waals surface area (Å²) < 4.78 is 11.0. The number of rotatable bonds is 3. The molecule has 1 saturated heterocycles. The van der Waals surface area contributed by atoms with Gasteiger partial charge in [0.25, 0.3) is 0 Å². The van der Waals surface area contributed by atoms with Crippen molar-refractivity contribution >= 4 is 11.6 Å². The fraction of sp³-hybridized carbons (Fsp3) is 0.500. The van der Waals surface area contributed by atoms with E-state index in [-0.39, 0.29) is 11.9 Å². The van der Waals surface area contributed by atoms with Gasteiger partial charge in [-0.2, -0.15) is 0 Å². The highest BCUT2D eigenvalue weighted by Gasteiger charge is 2.32. The van der Waals surface area contributed by atoms with Gasteiger partial charge in [0.1, 0.15) is 13.2 Å². The van der Waals surface area contributed by atoms with Crippen molar-refractivity contribution in [1.29, 1.82) is 0 Å². The second-order valence-corrected chi connectivity index (χ2v) is 4.72. The van der Waals surface area contributed by atoms with E-state index >= 15 is 0 Å². The molecule has 1 N–H and O–H groups in total. The predicted molar refractivity (Wildman–Crippen MR) is 71.9 cm³/mol. The standard InChI is InChI=1S/C14H18N2O3/c1-2-15-11-5-6-16(14(11)17)10-3-4-12-13(9-10)19-8-7-18-12/h3-4,9,11,15H,2,5-8H2,1H3. The number of hydrogen-bond acceptors (Lipinski definition) is 4. The molecule has 5 nitrogen and oxygen atoms in total. The molecule has 2 heterocycles. The van der Waals surface area contributed by atoms with Gasteiger partial charge in [0, 0.05) is 18.3 Å². The molecule has 5 heteroatoms. The van der Waals surface area contributed by atoms with Gasteiger partial charge in [-0.05, 0) is 25.1 Å². The van der Waals surface area contributed by atoms with Gasteiger partial charge in [-0.25, -0.2) is 0 Å². The van der Waals surface area contributed by atoms with Crippen molar-refractivity contribution in [2.45, 2.75) is 19.4 Å². The Balaban J connectivity index is 1.81. The number of benzene rings is 1. The minimum absolute atomic E-state index is 0.0572. The van der Waals surface area contributed by atoms with Crippen LogP contribution in [0.1, 0.15) is 13.3 Å². The Morgan fingerprint density at radius 2 is 2.11 bits per heavy atom. The van der Waals surface area contributed by atoms with Crippen molar-refractivity contribution < 1.29 is 14.3 Å². The van der Waals surface area contributed by atoms with E-state index < -0.39 is 0 Å². The van der Waals surface area contributed by atoms with Gasteiger partial charge in [-0.3, -0.25) is 4.79 Å². The second-order valence-electron chi connectivity index (χ2n) is 4.72. The second kappa shape index (κ2) is 5.09. The smallest absolute Gasteiger partial charge is 0.244 e. The highest BCUT2D eigenvalue weighted by atomic mass is 16.6. The zero-order valence-electron chi connectivity index (χ0n) is 11.0. The van der Waals surface area contributed by atoms with E-state index in [0.29, 0.717) is 13.2 Å². The van der Waals surface area contributed by atoms with E-state index in [0.717, 1.165) is 36.7 Å². The number of nitrogens with zero attached hydrogens (tertiary/aromatic N) is 1. The Morgan fingerprint density at radius 1 is 1.32 bits per heavy atom. The van der Waals surface area contributed by atoms with Gasteiger partial charge < -0.3 is 19.7 Å². The van der Waals surface area contributed by atoms with Crippen molar-refractivity contribution in [3.05, 3.63) is 18.2 Å². The van der Waals surface area contributed by atoms with Crippen LogP contribution in [0.15, 0.2) is 18.2 Å². The fourth-order valence-electron chi connectivity index (χ4n) is 2.57. The molecule has 19 heavy (non-hydrogen) atoms. The van der Waals surface area contributed by atoms with Crippen molar-refractivity contribution in [2.24, 2.45) is 0 Å². The normalized spacial score (nSPS) is 21.8. The SMILES string of the molecule is CCNC1CCN(c2ccc3c(c2)OCCO3)C1=O. The van der Waals surface area contributed by atoms with Gasteiger partial charge in [-0.1, -0.05) is 6.92 Å². The first-order valence-electron chi connectivity index (χ1n) is 6.74. The Bertz CT molecular complexity index is 490. The number of nitrogens with one attached hydrogen (secondary N) is 1. The zero-order chi connectivity index (χ0) is 13.2. The first-order valence-corrected chi connectivity index (χ1v) is 6.74. The summed E-state index contributed by atoms with van der Waals surface area (Å²) in [6.45, 7) is 4.71. The third kappa shape index (κ3) is 2.26. The van der Waals surface area contributed by atoms with Crippen LogP contribution >= 0.6 is 0 Å². The van der Waals surface area contributed by atoms with Gasteiger partial charge >= 0.3 is 0 Å². The van der Waals surface area contributed by atoms with Gasteiger partial charge in [0.15, 0.2) is 11.5 Å². The molecule has 2 aliphatic heterocycles. The summed E-state index contributed by atoms with van der Waals surface area (Å²) in [5.41, 5.74) is 0.884. The van der Waals surface area contributed by atoms with Crippen molar-refractivity contribution in [2.75, 3.05) is 31.2 Å². The lowest BCUT2D eigenvalue weighted by atomic mass is 10.2. The predicted octanol–water partition coefficient (Wildman–Crippen LogP) is 1.17. The van der Waals surface area contributed by atoms with E-state index in [2.05, 4.69) is 5.32 Å². The Morgan fingerprint density at radius 3 is 2.89 bits per heavy atom. The molecule has 0 bridgehead atoms. The van der Waals surface area contributed by atoms with Crippen molar-refractivity contribution in [3.8, 4) is 11.5 Å². The molecule has 1 atom stereocenters. The number of carbonyl (C=O) groups is 1. The van der Waals surface area contributed by atoms with Gasteiger partial charge in [-0.15, -0.1) is 0 Å². The average Bonchev–Trinajstić information content (AvgIpc) is 2.80. The summed E-state index contributed by atoms with van der Waals surface area (Å²) in [5, 5.41) is 3.21. The van der Waals surface area contributed by atoms with Crippen molar-refractivity contribution in [1.82, 2.24) is 5.32 Å². The fourth-order valence-corrected chi connectivity index (χ4v) is 2.57. The van der Waals surface area contributed by atoms with E-state index in [1.54, 1.807) is 0 Å². The summed E-state index contributed by atoms with van der Waals surface area (Å²) in [7, 11) is 0. The van der Waals surface area contributed by atoms with Crippen LogP contribution in [0.3, 0.4) is 0 Å². The van der Waals surface area contributed by atoms with Crippen LogP contribution < -0.4 is 19.7 Å². The minimum atomic E-state index is -0.0572. The molecular weight excluding hydrogens is 244 g/mol. The van der Waals surface area contributed by atoms with Crippen LogP contribution in [0.5, 0.6) is 11.5 Å². The third-order valence-corrected chi connectivity index (χ3v) is 3.49. The number of likely N-dealkylation sites (N-methyl/N-ethyl adjacent to an activating group) is 1. The maximum absolute atomic E-state index is 12.3. The first kappa shape index (κ1) is 12.3. The van der Waals surface area contributed by atoms with Crippen LogP contribution in [-0.4, -0.2) is 38.3 Å². The van der Waals surface area contributed by atoms with Crippen LogP contribution in [0.2, 0.25) is 0 Å². The number of ether oxygens (including phenoxy) is 2. The Kier molecular flexibility index (Phi) is 3.29. The average molecular weight is 262 g/mol. The van der Waals surface area contributed by atoms with Crippen LogP contribution in [0.25, 0.3) is 0 Å². The van der Waals surface area contributed by atoms with E-state index in [1.807, 2.05) is 30.0 Å². The number of anilines is 1. The lowest BCUT2D eigenvalue weighted by Crippen LogP contribution is -2.38. The van der Waals surface area contributed by atoms with Gasteiger partial charge in [0.05, 0.1) is 6.04 Å². The molecular formula is C14H18N2O3. The third-order valence-electron chi connectivity index (χ3n) is 3.49. The maximum Gasteiger partial charge on any atom is 0.244 e. The molecule has 0 saturated carbocycles. The van der Waals surface area contributed by atoms with Crippen molar-refractivity contribution in [3.63, 3.8) is 0 Å². The summed E-state index contributed by atoms with van der Waals surface area (Å²) in [4.78, 5) is 14.1. The lowest BCUT2D eigenvalue weighted by molar-refractivity contribution is -0.118.